The molecule has 9 heteroatoms. The van der Waals surface area contributed by atoms with Crippen LogP contribution in [0.3, 0.4) is 0 Å². The Bertz CT molecular complexity index is 802. The van der Waals surface area contributed by atoms with Crippen LogP contribution in [0, 0.1) is 11.8 Å². The quantitative estimate of drug-likeness (QED) is 0.726. The van der Waals surface area contributed by atoms with Crippen molar-refractivity contribution in [3.05, 3.63) is 24.3 Å². The Labute approximate surface area is 158 Å². The summed E-state index contributed by atoms with van der Waals surface area (Å²) in [6.45, 7) is 4.88. The lowest BCUT2D eigenvalue weighted by atomic mass is 10.3. The lowest BCUT2D eigenvalue weighted by Gasteiger charge is -2.26. The first-order valence-corrected chi connectivity index (χ1v) is 10.4. The highest BCUT2D eigenvalue weighted by Gasteiger charge is 2.41. The third-order valence-corrected chi connectivity index (χ3v) is 6.72. The molecule has 0 radical (unpaired) electrons. The highest BCUT2D eigenvalue weighted by atomic mass is 32.2. The molecule has 0 bridgehead atoms. The minimum absolute atomic E-state index is 0.107. The minimum Gasteiger partial charge on any atom is -0.452 e. The van der Waals surface area contributed by atoms with E-state index in [-0.39, 0.29) is 16.8 Å². The van der Waals surface area contributed by atoms with E-state index in [0.717, 1.165) is 6.42 Å². The number of hydrogen-bond acceptors (Lipinski definition) is 6. The van der Waals surface area contributed by atoms with E-state index in [0.29, 0.717) is 37.9 Å². The first-order chi connectivity index (χ1) is 12.8. The summed E-state index contributed by atoms with van der Waals surface area (Å²) in [5.41, 5.74) is 0.434. The van der Waals surface area contributed by atoms with Gasteiger partial charge in [0, 0.05) is 18.8 Å². The fourth-order valence-corrected chi connectivity index (χ4v) is 4.26. The van der Waals surface area contributed by atoms with Gasteiger partial charge >= 0.3 is 5.97 Å². The molecule has 148 valence electrons. The van der Waals surface area contributed by atoms with Crippen LogP contribution in [0.4, 0.5) is 5.69 Å². The van der Waals surface area contributed by atoms with Crippen molar-refractivity contribution in [2.24, 2.45) is 11.8 Å². The van der Waals surface area contributed by atoms with E-state index in [1.54, 1.807) is 0 Å². The van der Waals surface area contributed by atoms with Crippen LogP contribution >= 0.6 is 0 Å². The van der Waals surface area contributed by atoms with Gasteiger partial charge in [0.05, 0.1) is 24.0 Å². The zero-order chi connectivity index (χ0) is 19.6. The molecular formula is C18H24N2O6S. The zero-order valence-corrected chi connectivity index (χ0v) is 16.2. The number of nitrogens with zero attached hydrogens (tertiary/aromatic N) is 1. The summed E-state index contributed by atoms with van der Waals surface area (Å²) in [7, 11) is -3.58. The van der Waals surface area contributed by atoms with Gasteiger partial charge < -0.3 is 14.8 Å². The largest absolute Gasteiger partial charge is 0.452 e. The molecule has 1 aliphatic carbocycles. The summed E-state index contributed by atoms with van der Waals surface area (Å²) < 4.78 is 36.9. The van der Waals surface area contributed by atoms with E-state index in [1.807, 2.05) is 6.92 Å². The maximum atomic E-state index is 12.6. The molecule has 1 aromatic carbocycles. The van der Waals surface area contributed by atoms with Gasteiger partial charge in [0.2, 0.25) is 10.0 Å². The lowest BCUT2D eigenvalue weighted by molar-refractivity contribution is -0.154. The van der Waals surface area contributed by atoms with Gasteiger partial charge in [0.25, 0.3) is 5.91 Å². The molecule has 1 amide bonds. The normalized spacial score (nSPS) is 24.1. The van der Waals surface area contributed by atoms with E-state index >= 15 is 0 Å². The Kier molecular flexibility index (Phi) is 5.83. The second kappa shape index (κ2) is 7.95. The van der Waals surface area contributed by atoms with Crippen molar-refractivity contribution in [1.29, 1.82) is 0 Å². The van der Waals surface area contributed by atoms with E-state index in [9.17, 15) is 18.0 Å². The van der Waals surface area contributed by atoms with Crippen molar-refractivity contribution in [3.63, 3.8) is 0 Å². The van der Waals surface area contributed by atoms with Crippen molar-refractivity contribution >= 4 is 27.6 Å². The third kappa shape index (κ3) is 4.66. The van der Waals surface area contributed by atoms with Crippen LogP contribution in [0.2, 0.25) is 0 Å². The van der Waals surface area contributed by atoms with Crippen LogP contribution in [0.5, 0.6) is 0 Å². The Morgan fingerprint density at radius 1 is 1.22 bits per heavy atom. The molecule has 1 aliphatic heterocycles. The van der Waals surface area contributed by atoms with Crippen LogP contribution < -0.4 is 5.32 Å². The number of ether oxygens (including phenoxy) is 2. The number of benzene rings is 1. The standard InChI is InChI=1S/C18H24N2O6S/c1-12-11-16(12)18(22)26-13(2)17(21)19-14-3-5-15(6-4-14)27(23,24)20-7-9-25-10-8-20/h3-6,12-13,16H,7-11H2,1-2H3,(H,19,21)/t12-,13-,16-/m0/s1. The molecule has 1 heterocycles. The second-order valence-electron chi connectivity index (χ2n) is 6.93. The number of amides is 1. The molecule has 27 heavy (non-hydrogen) atoms. The Morgan fingerprint density at radius 2 is 1.81 bits per heavy atom. The highest BCUT2D eigenvalue weighted by Crippen LogP contribution is 2.38. The molecule has 3 atom stereocenters. The first-order valence-electron chi connectivity index (χ1n) is 8.98. The van der Waals surface area contributed by atoms with Gasteiger partial charge in [-0.3, -0.25) is 9.59 Å². The number of anilines is 1. The van der Waals surface area contributed by atoms with Crippen LogP contribution in [0.1, 0.15) is 20.3 Å². The Hall–Kier alpha value is -1.97. The Balaban J connectivity index is 1.58. The van der Waals surface area contributed by atoms with Gasteiger partial charge in [-0.15, -0.1) is 0 Å². The molecule has 0 spiro atoms. The highest BCUT2D eigenvalue weighted by molar-refractivity contribution is 7.89. The predicted molar refractivity (Wildman–Crippen MR) is 97.5 cm³/mol. The van der Waals surface area contributed by atoms with Crippen LogP contribution in [0.15, 0.2) is 29.2 Å². The number of hydrogen-bond donors (Lipinski definition) is 1. The topological polar surface area (TPSA) is 102 Å². The number of morpholine rings is 1. The molecule has 2 fully saturated rings. The van der Waals surface area contributed by atoms with Gasteiger partial charge in [-0.25, -0.2) is 8.42 Å². The average Bonchev–Trinajstić information content (AvgIpc) is 3.39. The van der Waals surface area contributed by atoms with Crippen molar-refractivity contribution in [3.8, 4) is 0 Å². The summed E-state index contributed by atoms with van der Waals surface area (Å²) >= 11 is 0. The smallest absolute Gasteiger partial charge is 0.309 e. The molecule has 2 aliphatic rings. The molecular weight excluding hydrogens is 372 g/mol. The number of esters is 1. The SMILES string of the molecule is C[C@H](OC(=O)[C@H]1C[C@@H]1C)C(=O)Nc1ccc(S(=O)(=O)N2CCOCC2)cc1. The first kappa shape index (κ1) is 19.8. The molecule has 0 unspecified atom stereocenters. The Morgan fingerprint density at radius 3 is 2.37 bits per heavy atom. The minimum atomic E-state index is -3.58. The van der Waals surface area contributed by atoms with Crippen LogP contribution in [-0.2, 0) is 29.1 Å². The molecule has 1 saturated heterocycles. The number of sulfonamides is 1. The molecule has 3 rings (SSSR count). The fraction of sp³-hybridized carbons (Fsp3) is 0.556. The van der Waals surface area contributed by atoms with Crippen LogP contribution in [0.25, 0.3) is 0 Å². The molecule has 1 aromatic rings. The maximum Gasteiger partial charge on any atom is 0.309 e. The van der Waals surface area contributed by atoms with Crippen molar-refractivity contribution in [2.45, 2.75) is 31.3 Å². The van der Waals surface area contributed by atoms with E-state index < -0.39 is 22.0 Å². The molecule has 1 saturated carbocycles. The summed E-state index contributed by atoms with van der Waals surface area (Å²) in [6, 6.07) is 5.93. The van der Waals surface area contributed by atoms with Gasteiger partial charge in [-0.2, -0.15) is 4.31 Å². The van der Waals surface area contributed by atoms with Crippen molar-refractivity contribution in [2.75, 3.05) is 31.6 Å². The van der Waals surface area contributed by atoms with Crippen molar-refractivity contribution in [1.82, 2.24) is 4.31 Å². The van der Waals surface area contributed by atoms with E-state index in [1.165, 1.54) is 35.5 Å². The van der Waals surface area contributed by atoms with Gasteiger partial charge in [-0.1, -0.05) is 6.92 Å². The van der Waals surface area contributed by atoms with Gasteiger partial charge in [0.1, 0.15) is 0 Å². The van der Waals surface area contributed by atoms with Crippen molar-refractivity contribution < 1.29 is 27.5 Å². The third-order valence-electron chi connectivity index (χ3n) is 4.80. The number of carbonyl (C=O) groups excluding carboxylic acids is 2. The molecule has 0 aromatic heterocycles. The lowest BCUT2D eigenvalue weighted by Crippen LogP contribution is -2.40. The van der Waals surface area contributed by atoms with E-state index in [2.05, 4.69) is 5.32 Å². The predicted octanol–water partition coefficient (Wildman–Crippen LogP) is 1.23. The summed E-state index contributed by atoms with van der Waals surface area (Å²) in [5.74, 6) is -0.601. The summed E-state index contributed by atoms with van der Waals surface area (Å²) in [6.07, 6.45) is -0.117. The summed E-state index contributed by atoms with van der Waals surface area (Å²) in [4.78, 5) is 24.1. The maximum absolute atomic E-state index is 12.6. The van der Waals surface area contributed by atoms with E-state index in [4.69, 9.17) is 9.47 Å². The summed E-state index contributed by atoms with van der Waals surface area (Å²) in [5, 5.41) is 2.63. The zero-order valence-electron chi connectivity index (χ0n) is 15.4. The van der Waals surface area contributed by atoms with Crippen LogP contribution in [-0.4, -0.2) is 57.0 Å². The van der Waals surface area contributed by atoms with Gasteiger partial charge in [-0.05, 0) is 43.5 Å². The number of rotatable bonds is 6. The average molecular weight is 396 g/mol. The fourth-order valence-electron chi connectivity index (χ4n) is 2.86. The number of carbonyl (C=O) groups is 2. The number of nitrogens with one attached hydrogen (secondary N) is 1. The van der Waals surface area contributed by atoms with Gasteiger partial charge in [0.15, 0.2) is 6.10 Å². The molecule has 8 nitrogen and oxygen atoms in total. The second-order valence-corrected chi connectivity index (χ2v) is 8.87. The monoisotopic (exact) mass is 396 g/mol. The molecule has 1 N–H and O–H groups in total.